The molecule has 0 saturated heterocycles. The second-order valence-corrected chi connectivity index (χ2v) is 13.4. The Hall–Kier alpha value is -3.95. The number of benzene rings is 1. The molecule has 0 saturated carbocycles. The van der Waals surface area contributed by atoms with Gasteiger partial charge >= 0.3 is 5.97 Å². The van der Waals surface area contributed by atoms with Crippen LogP contribution in [0, 0.1) is 11.3 Å². The minimum absolute atomic E-state index is 0.0394. The summed E-state index contributed by atoms with van der Waals surface area (Å²) in [5, 5.41) is 3.17. The van der Waals surface area contributed by atoms with Crippen molar-refractivity contribution in [1.82, 2.24) is 15.3 Å². The van der Waals surface area contributed by atoms with Crippen LogP contribution in [-0.4, -0.2) is 34.4 Å². The van der Waals surface area contributed by atoms with Crippen LogP contribution in [0.5, 0.6) is 0 Å². The summed E-state index contributed by atoms with van der Waals surface area (Å²) in [6.45, 7) is 18.4. The Balaban J connectivity index is 0.000000568. The summed E-state index contributed by atoms with van der Waals surface area (Å²) < 4.78 is 17.5. The average Bonchev–Trinajstić information content (AvgIpc) is 3.71. The highest BCUT2D eigenvalue weighted by Crippen LogP contribution is 2.49. The zero-order chi connectivity index (χ0) is 34.2. The Morgan fingerprint density at radius 1 is 1.15 bits per heavy atom. The third-order valence-corrected chi connectivity index (χ3v) is 8.12. The number of rotatable bonds is 7. The smallest absolute Gasteiger partial charge is 0.306 e. The molecule has 252 valence electrons. The van der Waals surface area contributed by atoms with Gasteiger partial charge in [-0.2, -0.15) is 0 Å². The summed E-state index contributed by atoms with van der Waals surface area (Å²) in [6.07, 6.45) is 5.57. The predicted octanol–water partition coefficient (Wildman–Crippen LogP) is 6.77. The van der Waals surface area contributed by atoms with Crippen molar-refractivity contribution in [2.75, 3.05) is 6.61 Å². The number of aryl methyl sites for hydroxylation is 3. The van der Waals surface area contributed by atoms with E-state index in [1.807, 2.05) is 27.7 Å². The summed E-state index contributed by atoms with van der Waals surface area (Å²) in [5.74, 6) is 1.37. The third-order valence-electron chi connectivity index (χ3n) is 8.12. The molecule has 1 aliphatic heterocycles. The molecule has 3 heterocycles. The number of fused-ring (bicyclic) bond motifs is 4. The number of nitrogens with one attached hydrogen (secondary N) is 1. The summed E-state index contributed by atoms with van der Waals surface area (Å²) in [7, 11) is 0. The molecule has 5 rings (SSSR count). The molecule has 1 aromatic carbocycles. The number of amides is 2. The van der Waals surface area contributed by atoms with E-state index in [2.05, 4.69) is 56.2 Å². The van der Waals surface area contributed by atoms with Crippen molar-refractivity contribution in [1.29, 1.82) is 0 Å². The fourth-order valence-corrected chi connectivity index (χ4v) is 5.78. The van der Waals surface area contributed by atoms with Crippen LogP contribution in [0.4, 0.5) is 0 Å². The first kappa shape index (κ1) is 36.5. The van der Waals surface area contributed by atoms with Gasteiger partial charge in [0.05, 0.1) is 24.1 Å². The first-order valence-corrected chi connectivity index (χ1v) is 16.5. The van der Waals surface area contributed by atoms with Gasteiger partial charge in [-0.1, -0.05) is 66.7 Å². The largest absolute Gasteiger partial charge is 0.466 e. The molecule has 1 unspecified atom stereocenters. The molecular formula is C36H52N4O6. The highest BCUT2D eigenvalue weighted by molar-refractivity contribution is 5.77. The number of nitrogens with two attached hydrogens (primary N) is 1. The summed E-state index contributed by atoms with van der Waals surface area (Å²) >= 11 is 0. The van der Waals surface area contributed by atoms with Crippen molar-refractivity contribution >= 4 is 17.8 Å². The first-order chi connectivity index (χ1) is 21.7. The second kappa shape index (κ2) is 15.6. The van der Waals surface area contributed by atoms with E-state index in [0.717, 1.165) is 18.4 Å². The molecule has 2 atom stereocenters. The van der Waals surface area contributed by atoms with Crippen molar-refractivity contribution in [2.45, 2.75) is 119 Å². The lowest BCUT2D eigenvalue weighted by Gasteiger charge is -2.30. The summed E-state index contributed by atoms with van der Waals surface area (Å²) in [5.41, 5.74) is 8.91. The fourth-order valence-electron chi connectivity index (χ4n) is 5.78. The van der Waals surface area contributed by atoms with Crippen LogP contribution in [0.25, 0.3) is 11.6 Å². The van der Waals surface area contributed by atoms with Crippen LogP contribution in [0.2, 0.25) is 0 Å². The van der Waals surface area contributed by atoms with Crippen molar-refractivity contribution in [3.8, 4) is 11.6 Å². The van der Waals surface area contributed by atoms with E-state index in [1.54, 1.807) is 13.2 Å². The van der Waals surface area contributed by atoms with E-state index in [0.29, 0.717) is 67.1 Å². The van der Waals surface area contributed by atoms with Crippen molar-refractivity contribution in [3.05, 3.63) is 58.5 Å². The molecular weight excluding hydrogens is 584 g/mol. The van der Waals surface area contributed by atoms with Crippen LogP contribution in [-0.2, 0) is 43.8 Å². The highest BCUT2D eigenvalue weighted by Gasteiger charge is 2.44. The van der Waals surface area contributed by atoms with E-state index in [1.165, 1.54) is 11.1 Å². The maximum Gasteiger partial charge on any atom is 0.306 e. The molecule has 46 heavy (non-hydrogen) atoms. The van der Waals surface area contributed by atoms with Crippen LogP contribution in [0.15, 0.2) is 33.3 Å². The standard InChI is InChI=1S/C29H35N3O5.C5H11NO.C2H6/c1-6-35-22(34)12-10-19-16-36-26(30-19)23-25-29(5)14-13-18-9-7-17(15-20(18)29)8-11-21(33)31-24(28(2,3)4)27(32-23)37-25;1-4(2)3-5(6)7;1-2/h7,9,15-16,24H,6,8,10-14H2,1-5H3,(H,31,33);4H,3H2,1-2H3,(H2,6,7);1-2H3/t24?,29-;;/m0../s1. The Kier molecular flexibility index (Phi) is 12.4. The number of primary amides is 1. The van der Waals surface area contributed by atoms with Crippen molar-refractivity contribution in [3.63, 3.8) is 0 Å². The van der Waals surface area contributed by atoms with E-state index >= 15 is 0 Å². The zero-order valence-electron chi connectivity index (χ0n) is 29.0. The van der Waals surface area contributed by atoms with E-state index in [9.17, 15) is 14.4 Å². The zero-order valence-corrected chi connectivity index (χ0v) is 29.0. The lowest BCUT2D eigenvalue weighted by atomic mass is 9.80. The van der Waals surface area contributed by atoms with Gasteiger partial charge < -0.3 is 24.6 Å². The average molecular weight is 637 g/mol. The predicted molar refractivity (Wildman–Crippen MR) is 177 cm³/mol. The minimum Gasteiger partial charge on any atom is -0.466 e. The van der Waals surface area contributed by atoms with Crippen molar-refractivity contribution in [2.24, 2.45) is 17.1 Å². The van der Waals surface area contributed by atoms with Gasteiger partial charge in [0.2, 0.25) is 23.6 Å². The number of hydrogen-bond donors (Lipinski definition) is 2. The molecule has 10 heteroatoms. The molecule has 2 aromatic heterocycles. The number of esters is 1. The molecule has 0 spiro atoms. The van der Waals surface area contributed by atoms with Crippen LogP contribution in [0.3, 0.4) is 0 Å². The van der Waals surface area contributed by atoms with Crippen LogP contribution >= 0.6 is 0 Å². The van der Waals surface area contributed by atoms with Crippen molar-refractivity contribution < 1.29 is 28.0 Å². The van der Waals surface area contributed by atoms with E-state index in [-0.39, 0.29) is 29.6 Å². The number of oxazole rings is 2. The van der Waals surface area contributed by atoms with Gasteiger partial charge in [-0.15, -0.1) is 0 Å². The Morgan fingerprint density at radius 2 is 1.87 bits per heavy atom. The molecule has 1 aliphatic carbocycles. The van der Waals surface area contributed by atoms with Gasteiger partial charge in [-0.05, 0) is 61.1 Å². The highest BCUT2D eigenvalue weighted by atomic mass is 16.5. The lowest BCUT2D eigenvalue weighted by molar-refractivity contribution is -0.143. The van der Waals surface area contributed by atoms with Gasteiger partial charge in [0, 0.05) is 19.3 Å². The molecule has 3 N–H and O–H groups in total. The fraction of sp³-hybridized carbons (Fsp3) is 0.583. The topological polar surface area (TPSA) is 151 Å². The van der Waals surface area contributed by atoms with Crippen LogP contribution in [0.1, 0.15) is 128 Å². The Morgan fingerprint density at radius 3 is 2.48 bits per heavy atom. The summed E-state index contributed by atoms with van der Waals surface area (Å²) in [4.78, 5) is 44.4. The lowest BCUT2D eigenvalue weighted by Crippen LogP contribution is -2.37. The molecule has 3 aromatic rings. The molecule has 2 amide bonds. The number of nitrogens with zero attached hydrogens (tertiary/aromatic N) is 2. The normalized spacial score (nSPS) is 18.7. The Bertz CT molecular complexity index is 1500. The van der Waals surface area contributed by atoms with Gasteiger partial charge in [0.1, 0.15) is 18.1 Å². The maximum absolute atomic E-state index is 13.0. The monoisotopic (exact) mass is 636 g/mol. The Labute approximate surface area is 273 Å². The van der Waals surface area contributed by atoms with Crippen LogP contribution < -0.4 is 11.1 Å². The molecule has 0 radical (unpaired) electrons. The van der Waals surface area contributed by atoms with E-state index < -0.39 is 11.5 Å². The molecule has 4 bridgehead atoms. The maximum atomic E-state index is 13.0. The SMILES string of the molecule is CC.CC(C)CC(N)=O.CCOC(=O)CCc1coc(-c2nc3oc2[C@@]2(C)CCc4ccc(cc42)CCC(=O)NC3C(C)(C)C)n1. The number of carbonyl (C=O) groups excluding carboxylic acids is 3. The second-order valence-electron chi connectivity index (χ2n) is 13.4. The summed E-state index contributed by atoms with van der Waals surface area (Å²) in [6, 6.07) is 6.09. The number of aromatic nitrogens is 2. The number of carbonyl (C=O) groups is 3. The minimum atomic E-state index is -0.423. The quantitative estimate of drug-likeness (QED) is 0.270. The van der Waals surface area contributed by atoms with Gasteiger partial charge in [-0.25, -0.2) is 9.97 Å². The van der Waals surface area contributed by atoms with E-state index in [4.69, 9.17) is 24.3 Å². The number of hydrogen-bond acceptors (Lipinski definition) is 8. The van der Waals surface area contributed by atoms with Gasteiger partial charge in [0.15, 0.2) is 5.69 Å². The van der Waals surface area contributed by atoms with Gasteiger partial charge in [-0.3, -0.25) is 14.4 Å². The first-order valence-electron chi connectivity index (χ1n) is 16.5. The van der Waals surface area contributed by atoms with Gasteiger partial charge in [0.25, 0.3) is 0 Å². The number of ether oxygens (including phenoxy) is 1. The third kappa shape index (κ3) is 8.85. The molecule has 10 nitrogen and oxygen atoms in total. The molecule has 0 fully saturated rings. The molecule has 2 aliphatic rings.